The van der Waals surface area contributed by atoms with E-state index < -0.39 is 35.4 Å². The van der Waals surface area contributed by atoms with Crippen molar-refractivity contribution >= 4 is 35.0 Å². The van der Waals surface area contributed by atoms with Crippen molar-refractivity contribution in [2.45, 2.75) is 57.8 Å². The zero-order valence-corrected chi connectivity index (χ0v) is 17.0. The second-order valence-corrected chi connectivity index (χ2v) is 8.56. The highest BCUT2D eigenvalue weighted by molar-refractivity contribution is 6.35. The van der Waals surface area contributed by atoms with Gasteiger partial charge in [-0.15, -0.1) is 0 Å². The molecule has 3 N–H and O–H groups in total. The third kappa shape index (κ3) is 2.27. The molecule has 3 aliphatic rings. The molecule has 150 valence electrons. The molecule has 3 amide bonds. The molecule has 1 aromatic rings. The molecule has 7 nitrogen and oxygen atoms in total. The van der Waals surface area contributed by atoms with E-state index in [9.17, 15) is 19.5 Å². The van der Waals surface area contributed by atoms with Crippen molar-refractivity contribution in [1.29, 1.82) is 0 Å². The van der Waals surface area contributed by atoms with Gasteiger partial charge in [-0.25, -0.2) is 0 Å². The summed E-state index contributed by atoms with van der Waals surface area (Å²) in [7, 11) is 0. The highest BCUT2D eigenvalue weighted by atomic mass is 35.5. The van der Waals surface area contributed by atoms with E-state index in [0.29, 0.717) is 22.7 Å². The lowest BCUT2D eigenvalue weighted by Crippen LogP contribution is -2.55. The number of likely N-dealkylation sites (tertiary alicyclic amines) is 1. The first-order chi connectivity index (χ1) is 13.1. The molecule has 0 unspecified atom stereocenters. The van der Waals surface area contributed by atoms with E-state index in [1.54, 1.807) is 13.0 Å². The summed E-state index contributed by atoms with van der Waals surface area (Å²) < 4.78 is 0. The standard InChI is InChI=1S/C20H24ClN3O4/c1-5-9(3)24-17(26)13-14(18(24)27)20(23-15(13)10(4)25)11-6-8(2)7-12(21)16(11)22-19(20)28/h6-7,9-10,13-15,23,25H,5H2,1-4H3,(H,22,28)/t9-,10+,13+,14-,15+,20+/m0/s1. The van der Waals surface area contributed by atoms with E-state index in [1.807, 2.05) is 26.8 Å². The fourth-order valence-corrected chi connectivity index (χ4v) is 5.30. The van der Waals surface area contributed by atoms with Crippen molar-refractivity contribution in [2.75, 3.05) is 5.32 Å². The summed E-state index contributed by atoms with van der Waals surface area (Å²) >= 11 is 6.36. The van der Waals surface area contributed by atoms with Gasteiger partial charge in [0.15, 0.2) is 0 Å². The highest BCUT2D eigenvalue weighted by Gasteiger charge is 2.71. The van der Waals surface area contributed by atoms with Crippen LogP contribution in [-0.2, 0) is 19.9 Å². The molecule has 0 aromatic heterocycles. The van der Waals surface area contributed by atoms with Gasteiger partial charge < -0.3 is 10.4 Å². The van der Waals surface area contributed by atoms with E-state index in [1.165, 1.54) is 4.90 Å². The topological polar surface area (TPSA) is 98.7 Å². The number of nitrogens with one attached hydrogen (secondary N) is 2. The van der Waals surface area contributed by atoms with Crippen LogP contribution < -0.4 is 10.6 Å². The molecule has 0 aliphatic carbocycles. The minimum atomic E-state index is -1.42. The molecular weight excluding hydrogens is 382 g/mol. The predicted octanol–water partition coefficient (Wildman–Crippen LogP) is 1.55. The van der Waals surface area contributed by atoms with Crippen LogP contribution >= 0.6 is 11.6 Å². The van der Waals surface area contributed by atoms with Crippen molar-refractivity contribution in [3.63, 3.8) is 0 Å². The number of hydrogen-bond donors (Lipinski definition) is 3. The number of amides is 3. The van der Waals surface area contributed by atoms with Gasteiger partial charge in [0, 0.05) is 17.6 Å². The van der Waals surface area contributed by atoms with Gasteiger partial charge >= 0.3 is 0 Å². The van der Waals surface area contributed by atoms with Crippen molar-refractivity contribution < 1.29 is 19.5 Å². The number of aliphatic hydroxyl groups is 1. The molecule has 0 bridgehead atoms. The zero-order valence-electron chi connectivity index (χ0n) is 16.2. The summed E-state index contributed by atoms with van der Waals surface area (Å²) in [6.07, 6.45) is -0.303. The molecule has 0 radical (unpaired) electrons. The second-order valence-electron chi connectivity index (χ2n) is 8.15. The molecule has 28 heavy (non-hydrogen) atoms. The SMILES string of the molecule is CC[C@H](C)N1C(=O)[C@H]2[C@@H]([C@@H](C)O)N[C@@]3(C(=O)Nc4c(Cl)cc(C)cc43)[C@@H]2C1=O. The van der Waals surface area contributed by atoms with Crippen LogP contribution in [0.3, 0.4) is 0 Å². The third-order valence-corrected chi connectivity index (χ3v) is 6.74. The minimum absolute atomic E-state index is 0.276. The monoisotopic (exact) mass is 405 g/mol. The molecular formula is C20H24ClN3O4. The van der Waals surface area contributed by atoms with Crippen LogP contribution in [0.4, 0.5) is 5.69 Å². The molecule has 1 aromatic carbocycles. The van der Waals surface area contributed by atoms with Crippen LogP contribution in [-0.4, -0.2) is 45.9 Å². The fourth-order valence-electron chi connectivity index (χ4n) is 4.98. The molecule has 2 fully saturated rings. The number of benzene rings is 1. The Labute approximate surface area is 168 Å². The average Bonchev–Trinajstić information content (AvgIpc) is 3.21. The first kappa shape index (κ1) is 19.4. The summed E-state index contributed by atoms with van der Waals surface area (Å²) in [6.45, 7) is 7.14. The number of carbonyl (C=O) groups excluding carboxylic acids is 3. The highest BCUT2D eigenvalue weighted by Crippen LogP contribution is 2.55. The third-order valence-electron chi connectivity index (χ3n) is 6.44. The lowest BCUT2D eigenvalue weighted by molar-refractivity contribution is -0.145. The predicted molar refractivity (Wildman–Crippen MR) is 104 cm³/mol. The van der Waals surface area contributed by atoms with Gasteiger partial charge in [-0.05, 0) is 38.8 Å². The van der Waals surface area contributed by atoms with E-state index >= 15 is 0 Å². The van der Waals surface area contributed by atoms with Gasteiger partial charge in [0.2, 0.25) is 17.7 Å². The maximum Gasteiger partial charge on any atom is 0.250 e. The molecule has 3 aliphatic heterocycles. The van der Waals surface area contributed by atoms with Crippen molar-refractivity contribution in [1.82, 2.24) is 10.2 Å². The first-order valence-corrected chi connectivity index (χ1v) is 9.97. The maximum atomic E-state index is 13.4. The molecule has 8 heteroatoms. The largest absolute Gasteiger partial charge is 0.392 e. The van der Waals surface area contributed by atoms with Crippen molar-refractivity contribution in [3.8, 4) is 0 Å². The van der Waals surface area contributed by atoms with E-state index in [0.717, 1.165) is 5.56 Å². The summed E-state index contributed by atoms with van der Waals surface area (Å²) in [4.78, 5) is 41.1. The number of imide groups is 1. The number of fused-ring (bicyclic) bond motifs is 4. The summed E-state index contributed by atoms with van der Waals surface area (Å²) in [5, 5.41) is 16.7. The van der Waals surface area contributed by atoms with Gasteiger partial charge in [0.25, 0.3) is 0 Å². The zero-order chi connectivity index (χ0) is 20.5. The van der Waals surface area contributed by atoms with Crippen molar-refractivity contribution in [3.05, 3.63) is 28.3 Å². The molecule has 2 saturated heterocycles. The number of rotatable bonds is 3. The number of aliphatic hydroxyl groups excluding tert-OH is 1. The van der Waals surface area contributed by atoms with Crippen LogP contribution in [0, 0.1) is 18.8 Å². The number of anilines is 1. The number of halogens is 1. The van der Waals surface area contributed by atoms with Gasteiger partial charge in [0.05, 0.1) is 28.6 Å². The maximum absolute atomic E-state index is 13.4. The molecule has 1 spiro atoms. The Balaban J connectivity index is 1.94. The molecule has 3 heterocycles. The quantitative estimate of drug-likeness (QED) is 0.663. The van der Waals surface area contributed by atoms with Crippen LogP contribution in [0.15, 0.2) is 12.1 Å². The van der Waals surface area contributed by atoms with Gasteiger partial charge in [0.1, 0.15) is 5.54 Å². The van der Waals surface area contributed by atoms with Gasteiger partial charge in [-0.1, -0.05) is 24.6 Å². The number of carbonyl (C=O) groups is 3. The van der Waals surface area contributed by atoms with Crippen molar-refractivity contribution in [2.24, 2.45) is 11.8 Å². The number of hydrogen-bond acceptors (Lipinski definition) is 5. The van der Waals surface area contributed by atoms with Crippen LogP contribution in [0.1, 0.15) is 38.3 Å². The van der Waals surface area contributed by atoms with Crippen LogP contribution in [0.5, 0.6) is 0 Å². The lowest BCUT2D eigenvalue weighted by atomic mass is 9.76. The lowest BCUT2D eigenvalue weighted by Gasteiger charge is -2.31. The Kier molecular flexibility index (Phi) is 4.34. The smallest absolute Gasteiger partial charge is 0.250 e. The second kappa shape index (κ2) is 6.27. The van der Waals surface area contributed by atoms with Crippen LogP contribution in [0.2, 0.25) is 5.02 Å². The Morgan fingerprint density at radius 1 is 1.25 bits per heavy atom. The Bertz CT molecular complexity index is 902. The van der Waals surface area contributed by atoms with Crippen LogP contribution in [0.25, 0.3) is 0 Å². The summed E-state index contributed by atoms with van der Waals surface area (Å²) in [6, 6.07) is 2.57. The number of nitrogens with zero attached hydrogens (tertiary/aromatic N) is 1. The van der Waals surface area contributed by atoms with Gasteiger partial charge in [-0.2, -0.15) is 0 Å². The first-order valence-electron chi connectivity index (χ1n) is 9.59. The van der Waals surface area contributed by atoms with Gasteiger partial charge in [-0.3, -0.25) is 24.6 Å². The molecule has 4 rings (SSSR count). The minimum Gasteiger partial charge on any atom is -0.392 e. The normalized spacial score (nSPS) is 33.3. The Hall–Kier alpha value is -1.96. The Morgan fingerprint density at radius 3 is 2.54 bits per heavy atom. The average molecular weight is 406 g/mol. The van der Waals surface area contributed by atoms with E-state index in [2.05, 4.69) is 10.6 Å². The summed E-state index contributed by atoms with van der Waals surface area (Å²) in [5.41, 5.74) is 0.436. The number of aryl methyl sites for hydroxylation is 1. The fraction of sp³-hybridized carbons (Fsp3) is 0.550. The molecule has 0 saturated carbocycles. The summed E-state index contributed by atoms with van der Waals surface area (Å²) in [5.74, 6) is -2.86. The Morgan fingerprint density at radius 2 is 1.93 bits per heavy atom. The van der Waals surface area contributed by atoms with E-state index in [4.69, 9.17) is 11.6 Å². The molecule has 6 atom stereocenters. The van der Waals surface area contributed by atoms with E-state index in [-0.39, 0.29) is 17.9 Å².